The molecular formula is C18H20N6O3S. The Hall–Kier alpha value is -3.11. The van der Waals surface area contributed by atoms with E-state index < -0.39 is 10.0 Å². The van der Waals surface area contributed by atoms with Gasteiger partial charge in [-0.3, -0.25) is 4.79 Å². The number of carbonyl (C=O) groups excluding carboxylic acids is 1. The molecular weight excluding hydrogens is 380 g/mol. The monoisotopic (exact) mass is 400 g/mol. The van der Waals surface area contributed by atoms with Gasteiger partial charge in [-0.05, 0) is 30.3 Å². The van der Waals surface area contributed by atoms with Crippen LogP contribution in [-0.2, 0) is 16.6 Å². The van der Waals surface area contributed by atoms with E-state index in [1.165, 1.54) is 38.4 Å². The van der Waals surface area contributed by atoms with Crippen LogP contribution in [0.5, 0.6) is 0 Å². The molecule has 3 aromatic rings. The molecule has 10 heteroatoms. The van der Waals surface area contributed by atoms with Crippen LogP contribution in [0.1, 0.15) is 10.4 Å². The van der Waals surface area contributed by atoms with E-state index in [-0.39, 0.29) is 10.8 Å². The number of amides is 1. The van der Waals surface area contributed by atoms with Crippen molar-refractivity contribution in [1.82, 2.24) is 29.1 Å². The highest BCUT2D eigenvalue weighted by Crippen LogP contribution is 2.14. The van der Waals surface area contributed by atoms with Crippen LogP contribution in [0.4, 0.5) is 0 Å². The van der Waals surface area contributed by atoms with Crippen molar-refractivity contribution < 1.29 is 13.2 Å². The first-order chi connectivity index (χ1) is 13.4. The zero-order chi connectivity index (χ0) is 20.1. The SMILES string of the molecule is CN(C)S(=O)(=O)c1ccc(C(=O)NCCn2ccnc2-c2ncccn2)cc1. The number of nitrogens with one attached hydrogen (secondary N) is 1. The van der Waals surface area contributed by atoms with Crippen molar-refractivity contribution in [2.24, 2.45) is 0 Å². The first kappa shape index (κ1) is 19.6. The number of hydrogen-bond donors (Lipinski definition) is 1. The van der Waals surface area contributed by atoms with E-state index >= 15 is 0 Å². The van der Waals surface area contributed by atoms with Gasteiger partial charge in [0.15, 0.2) is 11.6 Å². The van der Waals surface area contributed by atoms with Crippen molar-refractivity contribution in [3.05, 3.63) is 60.7 Å². The number of imidazole rings is 1. The van der Waals surface area contributed by atoms with Gasteiger partial charge in [0, 0.05) is 57.5 Å². The molecule has 0 unspecified atom stereocenters. The lowest BCUT2D eigenvalue weighted by molar-refractivity contribution is 0.0952. The van der Waals surface area contributed by atoms with Crippen molar-refractivity contribution in [2.45, 2.75) is 11.4 Å². The summed E-state index contributed by atoms with van der Waals surface area (Å²) in [6.45, 7) is 0.860. The van der Waals surface area contributed by atoms with Gasteiger partial charge >= 0.3 is 0 Å². The summed E-state index contributed by atoms with van der Waals surface area (Å²) in [7, 11) is -0.599. The van der Waals surface area contributed by atoms with Crippen LogP contribution in [0.15, 0.2) is 60.0 Å². The number of aromatic nitrogens is 4. The van der Waals surface area contributed by atoms with Crippen LogP contribution < -0.4 is 5.32 Å². The molecule has 9 nitrogen and oxygen atoms in total. The Bertz CT molecular complexity index is 1050. The molecule has 3 rings (SSSR count). The highest BCUT2D eigenvalue weighted by atomic mass is 32.2. The van der Waals surface area contributed by atoms with Crippen LogP contribution in [0.3, 0.4) is 0 Å². The third-order valence-electron chi connectivity index (χ3n) is 4.01. The normalized spacial score (nSPS) is 11.5. The second kappa shape index (κ2) is 8.28. The summed E-state index contributed by atoms with van der Waals surface area (Å²) >= 11 is 0. The minimum atomic E-state index is -3.52. The van der Waals surface area contributed by atoms with Gasteiger partial charge in [-0.1, -0.05) is 0 Å². The molecule has 0 saturated heterocycles. The van der Waals surface area contributed by atoms with Crippen molar-refractivity contribution in [3.63, 3.8) is 0 Å². The van der Waals surface area contributed by atoms with Gasteiger partial charge in [0.25, 0.3) is 5.91 Å². The topological polar surface area (TPSA) is 110 Å². The Morgan fingerprint density at radius 2 is 1.75 bits per heavy atom. The molecule has 0 aliphatic carbocycles. The lowest BCUT2D eigenvalue weighted by Crippen LogP contribution is -2.27. The van der Waals surface area contributed by atoms with Crippen molar-refractivity contribution in [2.75, 3.05) is 20.6 Å². The lowest BCUT2D eigenvalue weighted by Gasteiger charge is -2.12. The average molecular weight is 400 g/mol. The summed E-state index contributed by atoms with van der Waals surface area (Å²) in [5, 5.41) is 2.81. The zero-order valence-corrected chi connectivity index (χ0v) is 16.3. The first-order valence-electron chi connectivity index (χ1n) is 8.49. The maximum absolute atomic E-state index is 12.3. The minimum Gasteiger partial charge on any atom is -0.350 e. The zero-order valence-electron chi connectivity index (χ0n) is 15.5. The number of benzene rings is 1. The van der Waals surface area contributed by atoms with E-state index in [0.717, 1.165) is 4.31 Å². The predicted octanol–water partition coefficient (Wildman–Crippen LogP) is 1.02. The Balaban J connectivity index is 1.61. The van der Waals surface area contributed by atoms with Gasteiger partial charge < -0.3 is 9.88 Å². The summed E-state index contributed by atoms with van der Waals surface area (Å²) in [5.41, 5.74) is 0.384. The molecule has 0 atom stereocenters. The second-order valence-electron chi connectivity index (χ2n) is 6.08. The molecule has 0 aliphatic heterocycles. The molecule has 146 valence electrons. The second-order valence-corrected chi connectivity index (χ2v) is 8.24. The quantitative estimate of drug-likeness (QED) is 0.634. The molecule has 0 radical (unpaired) electrons. The number of rotatable bonds is 7. The Morgan fingerprint density at radius 3 is 2.39 bits per heavy atom. The molecule has 2 heterocycles. The summed E-state index contributed by atoms with van der Waals surface area (Å²) in [5.74, 6) is 0.844. The number of carbonyl (C=O) groups is 1. The standard InChI is InChI=1S/C18H20N6O3S/c1-23(2)28(26,27)15-6-4-14(5-7-15)18(25)22-11-13-24-12-10-21-17(24)16-19-8-3-9-20-16/h3-10,12H,11,13H2,1-2H3,(H,22,25). The van der Waals surface area contributed by atoms with E-state index in [1.807, 2.05) is 4.57 Å². The van der Waals surface area contributed by atoms with Crippen LogP contribution in [0, 0.1) is 0 Å². The summed E-state index contributed by atoms with van der Waals surface area (Å²) in [6.07, 6.45) is 6.72. The number of nitrogens with zero attached hydrogens (tertiary/aromatic N) is 5. The van der Waals surface area contributed by atoms with Crippen LogP contribution in [0.25, 0.3) is 11.6 Å². The Labute approximate surface area is 163 Å². The van der Waals surface area contributed by atoms with E-state index in [1.54, 1.807) is 30.9 Å². The summed E-state index contributed by atoms with van der Waals surface area (Å²) in [6, 6.07) is 7.56. The highest BCUT2D eigenvalue weighted by molar-refractivity contribution is 7.89. The molecule has 0 saturated carbocycles. The smallest absolute Gasteiger partial charge is 0.251 e. The molecule has 0 spiro atoms. The van der Waals surface area contributed by atoms with Gasteiger partial charge in [-0.15, -0.1) is 0 Å². The van der Waals surface area contributed by atoms with Crippen molar-refractivity contribution in [3.8, 4) is 11.6 Å². The molecule has 0 aliphatic rings. The van der Waals surface area contributed by atoms with E-state index in [2.05, 4.69) is 20.3 Å². The molecule has 2 aromatic heterocycles. The third kappa shape index (κ3) is 4.24. The average Bonchev–Trinajstić information content (AvgIpc) is 3.17. The van der Waals surface area contributed by atoms with E-state index in [0.29, 0.717) is 30.3 Å². The summed E-state index contributed by atoms with van der Waals surface area (Å²) < 4.78 is 27.1. The summed E-state index contributed by atoms with van der Waals surface area (Å²) in [4.78, 5) is 25.1. The van der Waals surface area contributed by atoms with Gasteiger partial charge in [0.2, 0.25) is 10.0 Å². The molecule has 1 aromatic carbocycles. The first-order valence-corrected chi connectivity index (χ1v) is 9.93. The third-order valence-corrected chi connectivity index (χ3v) is 5.84. The maximum atomic E-state index is 12.3. The largest absolute Gasteiger partial charge is 0.350 e. The molecule has 0 bridgehead atoms. The fraction of sp³-hybridized carbons (Fsp3) is 0.222. The minimum absolute atomic E-state index is 0.139. The predicted molar refractivity (Wildman–Crippen MR) is 103 cm³/mol. The van der Waals surface area contributed by atoms with Gasteiger partial charge in [-0.25, -0.2) is 27.7 Å². The van der Waals surface area contributed by atoms with Crippen LogP contribution in [-0.4, -0.2) is 58.8 Å². The Kier molecular flexibility index (Phi) is 5.81. The molecule has 0 fully saturated rings. The van der Waals surface area contributed by atoms with Crippen LogP contribution in [0.2, 0.25) is 0 Å². The fourth-order valence-corrected chi connectivity index (χ4v) is 3.39. The van der Waals surface area contributed by atoms with Crippen LogP contribution >= 0.6 is 0 Å². The fourth-order valence-electron chi connectivity index (χ4n) is 2.49. The van der Waals surface area contributed by atoms with E-state index in [4.69, 9.17) is 0 Å². The molecule has 28 heavy (non-hydrogen) atoms. The molecule has 1 amide bonds. The maximum Gasteiger partial charge on any atom is 0.251 e. The van der Waals surface area contributed by atoms with Crippen molar-refractivity contribution >= 4 is 15.9 Å². The van der Waals surface area contributed by atoms with Gasteiger partial charge in [0.05, 0.1) is 4.90 Å². The Morgan fingerprint density at radius 1 is 1.07 bits per heavy atom. The molecule has 1 N–H and O–H groups in total. The lowest BCUT2D eigenvalue weighted by atomic mass is 10.2. The van der Waals surface area contributed by atoms with Crippen molar-refractivity contribution in [1.29, 1.82) is 0 Å². The highest BCUT2D eigenvalue weighted by Gasteiger charge is 2.17. The van der Waals surface area contributed by atoms with Gasteiger partial charge in [-0.2, -0.15) is 0 Å². The number of hydrogen-bond acceptors (Lipinski definition) is 6. The van der Waals surface area contributed by atoms with Gasteiger partial charge in [0.1, 0.15) is 0 Å². The van der Waals surface area contributed by atoms with E-state index in [9.17, 15) is 13.2 Å². The number of sulfonamides is 1.